The van der Waals surface area contributed by atoms with Crippen LogP contribution >= 0.6 is 0 Å². The number of amides is 1. The van der Waals surface area contributed by atoms with Crippen LogP contribution in [0.4, 0.5) is 0 Å². The predicted octanol–water partition coefficient (Wildman–Crippen LogP) is 4.66. The highest BCUT2D eigenvalue weighted by atomic mass is 16.3. The van der Waals surface area contributed by atoms with Gasteiger partial charge in [-0.25, -0.2) is 0 Å². The average Bonchev–Trinajstić information content (AvgIpc) is 2.80. The number of piperazine rings is 1. The van der Waals surface area contributed by atoms with E-state index in [4.69, 9.17) is 0 Å². The third-order valence-electron chi connectivity index (χ3n) is 6.07. The molecule has 2 N–H and O–H groups in total. The van der Waals surface area contributed by atoms with Crippen LogP contribution in [0.25, 0.3) is 0 Å². The van der Waals surface area contributed by atoms with Crippen LogP contribution in [0.5, 0.6) is 11.5 Å². The Labute approximate surface area is 199 Å². The van der Waals surface area contributed by atoms with Crippen LogP contribution in [0.3, 0.4) is 0 Å². The van der Waals surface area contributed by atoms with E-state index in [0.717, 1.165) is 44.8 Å². The number of rotatable bonds is 7. The maximum absolute atomic E-state index is 13.0. The summed E-state index contributed by atoms with van der Waals surface area (Å²) >= 11 is 0. The fourth-order valence-electron chi connectivity index (χ4n) is 4.13. The molecule has 2 aromatic rings. The SMILES string of the molecule is CC.CCN1CCN(Cc2cccc(CN(C)C(=O)c3cc(C(C)C)c(O)cc3O)c2)CC1. The maximum atomic E-state index is 13.0. The number of aromatic hydroxyl groups is 2. The largest absolute Gasteiger partial charge is 0.508 e. The van der Waals surface area contributed by atoms with Crippen LogP contribution in [0.2, 0.25) is 0 Å². The van der Waals surface area contributed by atoms with Gasteiger partial charge in [-0.1, -0.05) is 58.9 Å². The maximum Gasteiger partial charge on any atom is 0.257 e. The molecule has 0 unspecified atom stereocenters. The number of hydrogen-bond acceptors (Lipinski definition) is 5. The molecule has 1 heterocycles. The van der Waals surface area contributed by atoms with Crippen molar-refractivity contribution in [2.75, 3.05) is 39.8 Å². The Morgan fingerprint density at radius 3 is 2.18 bits per heavy atom. The van der Waals surface area contributed by atoms with E-state index in [1.54, 1.807) is 18.0 Å². The average molecular weight is 456 g/mol. The molecule has 33 heavy (non-hydrogen) atoms. The van der Waals surface area contributed by atoms with Crippen LogP contribution in [-0.4, -0.2) is 70.6 Å². The Balaban J connectivity index is 0.00000187. The molecular formula is C27H41N3O3. The van der Waals surface area contributed by atoms with Gasteiger partial charge in [-0.3, -0.25) is 9.69 Å². The number of nitrogens with zero attached hydrogens (tertiary/aromatic N) is 3. The van der Waals surface area contributed by atoms with E-state index in [9.17, 15) is 15.0 Å². The van der Waals surface area contributed by atoms with E-state index < -0.39 is 0 Å². The highest BCUT2D eigenvalue weighted by Crippen LogP contribution is 2.32. The topological polar surface area (TPSA) is 67.2 Å². The van der Waals surface area contributed by atoms with E-state index in [-0.39, 0.29) is 28.9 Å². The molecule has 0 aromatic heterocycles. The first-order chi connectivity index (χ1) is 15.8. The lowest BCUT2D eigenvalue weighted by molar-refractivity contribution is 0.0782. The summed E-state index contributed by atoms with van der Waals surface area (Å²) in [6.45, 7) is 17.0. The van der Waals surface area contributed by atoms with Crippen LogP contribution in [0.15, 0.2) is 36.4 Å². The third-order valence-corrected chi connectivity index (χ3v) is 6.07. The summed E-state index contributed by atoms with van der Waals surface area (Å²) in [7, 11) is 1.74. The molecule has 6 nitrogen and oxygen atoms in total. The van der Waals surface area contributed by atoms with Crippen molar-refractivity contribution in [2.24, 2.45) is 0 Å². The molecule has 1 aliphatic heterocycles. The molecule has 1 fully saturated rings. The van der Waals surface area contributed by atoms with Gasteiger partial charge in [0.05, 0.1) is 5.56 Å². The van der Waals surface area contributed by atoms with Gasteiger partial charge in [0.25, 0.3) is 5.91 Å². The Morgan fingerprint density at radius 1 is 0.970 bits per heavy atom. The summed E-state index contributed by atoms with van der Waals surface area (Å²) in [5.41, 5.74) is 3.18. The van der Waals surface area contributed by atoms with Crippen molar-refractivity contribution in [3.8, 4) is 11.5 Å². The molecule has 1 aliphatic rings. The van der Waals surface area contributed by atoms with Gasteiger partial charge >= 0.3 is 0 Å². The van der Waals surface area contributed by atoms with Gasteiger partial charge in [-0.05, 0) is 35.2 Å². The highest BCUT2D eigenvalue weighted by Gasteiger charge is 2.20. The number of phenols is 2. The van der Waals surface area contributed by atoms with Gasteiger partial charge in [0.2, 0.25) is 0 Å². The van der Waals surface area contributed by atoms with Crippen molar-refractivity contribution in [3.05, 3.63) is 58.7 Å². The van der Waals surface area contributed by atoms with E-state index >= 15 is 0 Å². The van der Waals surface area contributed by atoms with Crippen LogP contribution < -0.4 is 0 Å². The lowest BCUT2D eigenvalue weighted by Crippen LogP contribution is -2.45. The highest BCUT2D eigenvalue weighted by molar-refractivity contribution is 5.97. The predicted molar refractivity (Wildman–Crippen MR) is 135 cm³/mol. The molecule has 0 bridgehead atoms. The number of carbonyl (C=O) groups excluding carboxylic acids is 1. The first kappa shape index (κ1) is 26.7. The van der Waals surface area contributed by atoms with Gasteiger partial charge in [-0.15, -0.1) is 0 Å². The minimum Gasteiger partial charge on any atom is -0.508 e. The molecule has 1 amide bonds. The number of carbonyl (C=O) groups is 1. The smallest absolute Gasteiger partial charge is 0.257 e. The van der Waals surface area contributed by atoms with Gasteiger partial charge in [0, 0.05) is 52.4 Å². The Kier molecular flexibility index (Phi) is 10.2. The second-order valence-electron chi connectivity index (χ2n) is 8.77. The normalized spacial score (nSPS) is 14.6. The van der Waals surface area contributed by atoms with Crippen molar-refractivity contribution < 1.29 is 15.0 Å². The molecule has 2 aromatic carbocycles. The molecule has 0 spiro atoms. The Hall–Kier alpha value is -2.57. The monoisotopic (exact) mass is 455 g/mol. The van der Waals surface area contributed by atoms with E-state index in [2.05, 4.69) is 28.9 Å². The Morgan fingerprint density at radius 2 is 1.58 bits per heavy atom. The van der Waals surface area contributed by atoms with Gasteiger partial charge in [-0.2, -0.15) is 0 Å². The summed E-state index contributed by atoms with van der Waals surface area (Å²) in [6, 6.07) is 11.2. The summed E-state index contributed by atoms with van der Waals surface area (Å²) in [4.78, 5) is 19.5. The van der Waals surface area contributed by atoms with E-state index in [1.807, 2.05) is 39.8 Å². The van der Waals surface area contributed by atoms with E-state index in [1.165, 1.54) is 11.6 Å². The zero-order chi connectivity index (χ0) is 24.5. The number of hydrogen-bond donors (Lipinski definition) is 2. The fraction of sp³-hybridized carbons (Fsp3) is 0.519. The zero-order valence-corrected chi connectivity index (χ0v) is 21.1. The molecule has 6 heteroatoms. The minimum absolute atomic E-state index is 0.0131. The lowest BCUT2D eigenvalue weighted by atomic mass is 9.98. The quantitative estimate of drug-likeness (QED) is 0.636. The van der Waals surface area contributed by atoms with Crippen LogP contribution in [0.1, 0.15) is 67.6 Å². The van der Waals surface area contributed by atoms with Gasteiger partial charge in [0.1, 0.15) is 11.5 Å². The molecule has 1 saturated heterocycles. The molecule has 3 rings (SSSR count). The summed E-state index contributed by atoms with van der Waals surface area (Å²) in [5.74, 6) is -0.397. The van der Waals surface area contributed by atoms with E-state index in [0.29, 0.717) is 12.1 Å². The summed E-state index contributed by atoms with van der Waals surface area (Å²) in [6.07, 6.45) is 0. The Bertz CT molecular complexity index is 905. The fourth-order valence-corrected chi connectivity index (χ4v) is 4.13. The van der Waals surface area contributed by atoms with Crippen LogP contribution in [-0.2, 0) is 13.1 Å². The van der Waals surface area contributed by atoms with Crippen molar-refractivity contribution in [1.82, 2.24) is 14.7 Å². The van der Waals surface area contributed by atoms with Crippen LogP contribution in [0, 0.1) is 0 Å². The summed E-state index contributed by atoms with van der Waals surface area (Å²) < 4.78 is 0. The van der Waals surface area contributed by atoms with Crippen molar-refractivity contribution in [3.63, 3.8) is 0 Å². The van der Waals surface area contributed by atoms with Gasteiger partial charge < -0.3 is 20.0 Å². The molecule has 0 saturated carbocycles. The van der Waals surface area contributed by atoms with Gasteiger partial charge in [0.15, 0.2) is 0 Å². The minimum atomic E-state index is -0.263. The second-order valence-corrected chi connectivity index (χ2v) is 8.77. The first-order valence-corrected chi connectivity index (χ1v) is 12.1. The number of likely N-dealkylation sites (N-methyl/N-ethyl adjacent to an activating group) is 1. The number of phenolic OH excluding ortho intramolecular Hbond substituents is 2. The molecule has 0 aliphatic carbocycles. The van der Waals surface area contributed by atoms with Crippen molar-refractivity contribution in [1.29, 1.82) is 0 Å². The lowest BCUT2D eigenvalue weighted by Gasteiger charge is -2.34. The third kappa shape index (κ3) is 7.21. The molecular weight excluding hydrogens is 414 g/mol. The zero-order valence-electron chi connectivity index (χ0n) is 21.1. The molecule has 0 radical (unpaired) electrons. The van der Waals surface area contributed by atoms with Crippen molar-refractivity contribution >= 4 is 5.91 Å². The van der Waals surface area contributed by atoms with Crippen molar-refractivity contribution in [2.45, 2.75) is 53.6 Å². The number of benzene rings is 2. The summed E-state index contributed by atoms with van der Waals surface area (Å²) in [5, 5.41) is 20.3. The second kappa shape index (κ2) is 12.6. The standard InChI is InChI=1S/C25H35N3O3.C2H6/c1-5-27-9-11-28(12-10-27)17-20-8-6-7-19(13-20)16-26(4)25(31)22-14-21(18(2)3)23(29)15-24(22)30;1-2/h6-8,13-15,18,29-30H,5,9-12,16-17H2,1-4H3;1-2H3. The molecule has 0 atom stereocenters. The molecule has 182 valence electrons. The first-order valence-electron chi connectivity index (χ1n) is 12.1.